The summed E-state index contributed by atoms with van der Waals surface area (Å²) in [4.78, 5) is 15.2. The van der Waals surface area contributed by atoms with Crippen LogP contribution in [0, 0.1) is 0 Å². The van der Waals surface area contributed by atoms with Gasteiger partial charge in [-0.1, -0.05) is 11.3 Å². The average molecular weight is 230 g/mol. The summed E-state index contributed by atoms with van der Waals surface area (Å²) >= 11 is 1.21. The molecule has 1 aromatic heterocycles. The largest absolute Gasteiger partial charge is 0.444 e. The number of anilines is 1. The van der Waals surface area contributed by atoms with Gasteiger partial charge in [-0.05, 0) is 20.8 Å². The summed E-state index contributed by atoms with van der Waals surface area (Å²) in [5, 5.41) is 12.4. The van der Waals surface area contributed by atoms with E-state index in [0.717, 1.165) is 0 Å². The molecule has 0 bridgehead atoms. The Bertz CT molecular complexity index is 343. The molecule has 1 amide bonds. The van der Waals surface area contributed by atoms with Crippen molar-refractivity contribution < 1.29 is 14.6 Å². The third-order valence-corrected chi connectivity index (χ3v) is 2.21. The Balaban J connectivity index is 2.51. The van der Waals surface area contributed by atoms with E-state index in [2.05, 4.69) is 10.3 Å². The second kappa shape index (κ2) is 4.59. The molecule has 84 valence electrons. The van der Waals surface area contributed by atoms with Gasteiger partial charge in [0.15, 0.2) is 0 Å². The minimum absolute atomic E-state index is 0.124. The van der Waals surface area contributed by atoms with Gasteiger partial charge in [0.1, 0.15) is 15.6 Å². The van der Waals surface area contributed by atoms with Crippen LogP contribution in [-0.2, 0) is 11.3 Å². The summed E-state index contributed by atoms with van der Waals surface area (Å²) in [7, 11) is 0. The molecular formula is C9H14N2O3S. The molecule has 0 aliphatic carbocycles. The van der Waals surface area contributed by atoms with Gasteiger partial charge >= 0.3 is 6.09 Å². The van der Waals surface area contributed by atoms with Crippen LogP contribution in [0.2, 0.25) is 0 Å². The van der Waals surface area contributed by atoms with E-state index in [9.17, 15) is 4.79 Å². The zero-order valence-electron chi connectivity index (χ0n) is 8.90. The summed E-state index contributed by atoms with van der Waals surface area (Å²) in [5.41, 5.74) is -0.519. The van der Waals surface area contributed by atoms with Gasteiger partial charge in [-0.25, -0.2) is 9.78 Å². The number of amides is 1. The van der Waals surface area contributed by atoms with Gasteiger partial charge in [-0.2, -0.15) is 0 Å². The molecule has 5 nitrogen and oxygen atoms in total. The van der Waals surface area contributed by atoms with Gasteiger partial charge in [0.2, 0.25) is 0 Å². The quantitative estimate of drug-likeness (QED) is 0.815. The van der Waals surface area contributed by atoms with Crippen LogP contribution >= 0.6 is 11.3 Å². The molecule has 1 heterocycles. The summed E-state index contributed by atoms with van der Waals surface area (Å²) in [6.45, 7) is 5.25. The van der Waals surface area contributed by atoms with E-state index in [4.69, 9.17) is 9.84 Å². The van der Waals surface area contributed by atoms with Crippen molar-refractivity contribution >= 4 is 22.4 Å². The topological polar surface area (TPSA) is 71.5 Å². The number of carbonyl (C=O) groups is 1. The van der Waals surface area contributed by atoms with Crippen LogP contribution in [0.1, 0.15) is 25.8 Å². The van der Waals surface area contributed by atoms with Crippen LogP contribution in [0.15, 0.2) is 6.20 Å². The van der Waals surface area contributed by atoms with Crippen LogP contribution in [0.25, 0.3) is 0 Å². The second-order valence-electron chi connectivity index (χ2n) is 3.90. The number of carbonyl (C=O) groups excluding carboxylic acids is 1. The Labute approximate surface area is 92.1 Å². The molecule has 6 heteroatoms. The molecule has 0 aliphatic heterocycles. The molecule has 0 radical (unpaired) electrons. The molecule has 2 N–H and O–H groups in total. The number of hydrogen-bond acceptors (Lipinski definition) is 5. The highest BCUT2D eigenvalue weighted by Crippen LogP contribution is 2.19. The molecule has 0 aromatic carbocycles. The number of ether oxygens (including phenoxy) is 1. The van der Waals surface area contributed by atoms with Crippen LogP contribution in [0.3, 0.4) is 0 Å². The van der Waals surface area contributed by atoms with Crippen LogP contribution in [-0.4, -0.2) is 21.8 Å². The van der Waals surface area contributed by atoms with Crippen molar-refractivity contribution in [2.24, 2.45) is 0 Å². The van der Waals surface area contributed by atoms with Crippen LogP contribution in [0.4, 0.5) is 9.80 Å². The van der Waals surface area contributed by atoms with Gasteiger partial charge < -0.3 is 9.84 Å². The van der Waals surface area contributed by atoms with Crippen molar-refractivity contribution in [2.45, 2.75) is 33.0 Å². The lowest BCUT2D eigenvalue weighted by Crippen LogP contribution is -2.26. The molecule has 0 fully saturated rings. The zero-order valence-corrected chi connectivity index (χ0v) is 9.72. The summed E-state index contributed by atoms with van der Waals surface area (Å²) in [5.74, 6) is 0. The van der Waals surface area contributed by atoms with Gasteiger partial charge in [-0.3, -0.25) is 5.32 Å². The number of aliphatic hydroxyl groups is 1. The molecule has 0 atom stereocenters. The Hall–Kier alpha value is -1.14. The Kier molecular flexibility index (Phi) is 3.65. The van der Waals surface area contributed by atoms with E-state index in [0.29, 0.717) is 10.0 Å². The Morgan fingerprint density at radius 1 is 1.67 bits per heavy atom. The fraction of sp³-hybridized carbons (Fsp3) is 0.556. The van der Waals surface area contributed by atoms with E-state index in [1.165, 1.54) is 17.5 Å². The zero-order chi connectivity index (χ0) is 11.5. The number of aromatic nitrogens is 1. The van der Waals surface area contributed by atoms with Crippen molar-refractivity contribution in [1.29, 1.82) is 0 Å². The number of nitrogens with one attached hydrogen (secondary N) is 1. The number of hydrogen-bond donors (Lipinski definition) is 2. The highest BCUT2D eigenvalue weighted by atomic mass is 32.1. The smallest absolute Gasteiger partial charge is 0.412 e. The molecule has 0 aliphatic rings. The molecular weight excluding hydrogens is 216 g/mol. The third kappa shape index (κ3) is 4.26. The molecule has 1 aromatic rings. The SMILES string of the molecule is CC(C)(C)OC(=O)Nc1cnc(CO)s1. The average Bonchev–Trinajstić information content (AvgIpc) is 2.48. The van der Waals surface area contributed by atoms with Crippen molar-refractivity contribution in [3.05, 3.63) is 11.2 Å². The standard InChI is InChI=1S/C9H14N2O3S/c1-9(2,3)14-8(13)11-6-4-10-7(5-12)15-6/h4,12H,5H2,1-3H3,(H,11,13). The van der Waals surface area contributed by atoms with E-state index in [1.54, 1.807) is 20.8 Å². The van der Waals surface area contributed by atoms with E-state index in [-0.39, 0.29) is 6.61 Å². The van der Waals surface area contributed by atoms with E-state index >= 15 is 0 Å². The second-order valence-corrected chi connectivity index (χ2v) is 5.02. The van der Waals surface area contributed by atoms with Gasteiger partial charge in [0, 0.05) is 0 Å². The first-order valence-electron chi connectivity index (χ1n) is 4.46. The maximum atomic E-state index is 11.3. The first-order chi connectivity index (χ1) is 6.90. The predicted molar refractivity (Wildman–Crippen MR) is 57.9 cm³/mol. The minimum Gasteiger partial charge on any atom is -0.444 e. The Morgan fingerprint density at radius 3 is 2.80 bits per heavy atom. The minimum atomic E-state index is -0.519. The fourth-order valence-corrected chi connectivity index (χ4v) is 1.51. The summed E-state index contributed by atoms with van der Waals surface area (Å²) < 4.78 is 5.05. The maximum Gasteiger partial charge on any atom is 0.412 e. The van der Waals surface area contributed by atoms with Crippen molar-refractivity contribution in [3.8, 4) is 0 Å². The molecule has 1 rings (SSSR count). The van der Waals surface area contributed by atoms with Gasteiger partial charge in [0.05, 0.1) is 12.8 Å². The number of aliphatic hydroxyl groups excluding tert-OH is 1. The lowest BCUT2D eigenvalue weighted by molar-refractivity contribution is 0.0636. The highest BCUT2D eigenvalue weighted by molar-refractivity contribution is 7.15. The molecule has 15 heavy (non-hydrogen) atoms. The van der Waals surface area contributed by atoms with Gasteiger partial charge in [0.25, 0.3) is 0 Å². The predicted octanol–water partition coefficient (Wildman–Crippen LogP) is 1.98. The van der Waals surface area contributed by atoms with Crippen molar-refractivity contribution in [3.63, 3.8) is 0 Å². The van der Waals surface area contributed by atoms with Crippen LogP contribution in [0.5, 0.6) is 0 Å². The fourth-order valence-electron chi connectivity index (χ4n) is 0.845. The van der Waals surface area contributed by atoms with Gasteiger partial charge in [-0.15, -0.1) is 0 Å². The normalized spacial score (nSPS) is 11.2. The molecule has 0 spiro atoms. The first kappa shape index (κ1) is 11.9. The first-order valence-corrected chi connectivity index (χ1v) is 5.28. The number of rotatable bonds is 2. The molecule has 0 unspecified atom stereocenters. The number of nitrogens with zero attached hydrogens (tertiary/aromatic N) is 1. The van der Waals surface area contributed by atoms with E-state index in [1.807, 2.05) is 0 Å². The van der Waals surface area contributed by atoms with Crippen molar-refractivity contribution in [1.82, 2.24) is 4.98 Å². The monoisotopic (exact) mass is 230 g/mol. The van der Waals surface area contributed by atoms with E-state index < -0.39 is 11.7 Å². The van der Waals surface area contributed by atoms with Crippen LogP contribution < -0.4 is 5.32 Å². The lowest BCUT2D eigenvalue weighted by Gasteiger charge is -2.19. The summed E-state index contributed by atoms with van der Waals surface area (Å²) in [6, 6.07) is 0. The third-order valence-electron chi connectivity index (χ3n) is 1.31. The maximum absolute atomic E-state index is 11.3. The molecule has 0 saturated heterocycles. The van der Waals surface area contributed by atoms with Crippen molar-refractivity contribution in [2.75, 3.05) is 5.32 Å². The molecule has 0 saturated carbocycles. The number of thiazole rings is 1. The summed E-state index contributed by atoms with van der Waals surface area (Å²) in [6.07, 6.45) is 0.968. The lowest BCUT2D eigenvalue weighted by atomic mass is 10.2. The highest BCUT2D eigenvalue weighted by Gasteiger charge is 2.16. The Morgan fingerprint density at radius 2 is 2.33 bits per heavy atom.